The number of benzene rings is 2. The number of hydrogen-bond donors (Lipinski definition) is 1. The van der Waals surface area contributed by atoms with Crippen molar-refractivity contribution in [3.05, 3.63) is 84.1 Å². The summed E-state index contributed by atoms with van der Waals surface area (Å²) in [7, 11) is 0. The second kappa shape index (κ2) is 7.67. The molecule has 1 aromatic heterocycles. The number of furan rings is 1. The highest BCUT2D eigenvalue weighted by Gasteiger charge is 2.03. The molecule has 0 saturated carbocycles. The Bertz CT molecular complexity index is 649. The molecule has 0 atom stereocenters. The molecule has 1 heterocycles. The number of halogens is 1. The van der Waals surface area contributed by atoms with E-state index in [0.29, 0.717) is 0 Å². The van der Waals surface area contributed by atoms with Crippen molar-refractivity contribution in [1.82, 2.24) is 5.32 Å². The highest BCUT2D eigenvalue weighted by atomic mass is 35.5. The van der Waals surface area contributed by atoms with E-state index in [0.717, 1.165) is 30.2 Å². The van der Waals surface area contributed by atoms with Crippen LogP contribution in [0.25, 0.3) is 11.3 Å². The molecule has 0 radical (unpaired) electrons. The van der Waals surface area contributed by atoms with Crippen LogP contribution in [-0.4, -0.2) is 0 Å². The van der Waals surface area contributed by atoms with Crippen LogP contribution in [0, 0.1) is 0 Å². The summed E-state index contributed by atoms with van der Waals surface area (Å²) in [5.41, 5.74) is 2.39. The van der Waals surface area contributed by atoms with E-state index in [1.54, 1.807) is 0 Å². The summed E-state index contributed by atoms with van der Waals surface area (Å²) in [6, 6.07) is 24.6. The zero-order valence-corrected chi connectivity index (χ0v) is 12.4. The Hall–Kier alpha value is -2.03. The fourth-order valence-corrected chi connectivity index (χ4v) is 2.16. The first-order valence-corrected chi connectivity index (χ1v) is 6.80. The highest BCUT2D eigenvalue weighted by Crippen LogP contribution is 2.21. The van der Waals surface area contributed by atoms with Gasteiger partial charge in [-0.3, -0.25) is 0 Å². The average molecular weight is 299 g/mol. The lowest BCUT2D eigenvalue weighted by molar-refractivity contribution is -0.00000457. The molecule has 2 aromatic carbocycles. The van der Waals surface area contributed by atoms with Crippen molar-refractivity contribution in [1.29, 1.82) is 0 Å². The van der Waals surface area contributed by atoms with E-state index in [2.05, 4.69) is 41.7 Å². The van der Waals surface area contributed by atoms with Gasteiger partial charge in [-0.1, -0.05) is 60.7 Å². The highest BCUT2D eigenvalue weighted by molar-refractivity contribution is 5.57. The maximum atomic E-state index is 5.85. The van der Waals surface area contributed by atoms with E-state index in [-0.39, 0.29) is 12.4 Å². The van der Waals surface area contributed by atoms with Gasteiger partial charge in [-0.15, -0.1) is 0 Å². The van der Waals surface area contributed by atoms with Crippen molar-refractivity contribution in [2.75, 3.05) is 0 Å². The van der Waals surface area contributed by atoms with Gasteiger partial charge in [-0.2, -0.15) is 0 Å². The summed E-state index contributed by atoms with van der Waals surface area (Å²) >= 11 is 0. The molecule has 1 N–H and O–H groups in total. The van der Waals surface area contributed by atoms with Gasteiger partial charge in [0, 0.05) is 12.1 Å². The van der Waals surface area contributed by atoms with Crippen LogP contribution in [0.2, 0.25) is 0 Å². The normalized spacial score (nSPS) is 10.1. The molecular weight excluding hydrogens is 282 g/mol. The van der Waals surface area contributed by atoms with Gasteiger partial charge in [0.2, 0.25) is 0 Å². The minimum Gasteiger partial charge on any atom is -1.00 e. The van der Waals surface area contributed by atoms with Crippen LogP contribution in [-0.2, 0) is 13.1 Å². The molecule has 0 aliphatic heterocycles. The van der Waals surface area contributed by atoms with Crippen LogP contribution in [0.3, 0.4) is 0 Å². The van der Waals surface area contributed by atoms with Crippen molar-refractivity contribution in [3.8, 4) is 11.3 Å². The molecule has 3 rings (SSSR count). The Morgan fingerprint density at radius 1 is 0.714 bits per heavy atom. The Balaban J connectivity index is 0.00000161. The van der Waals surface area contributed by atoms with E-state index in [1.807, 2.05) is 36.4 Å². The van der Waals surface area contributed by atoms with Gasteiger partial charge in [0.05, 0.1) is 6.54 Å². The molecule has 0 bridgehead atoms. The average Bonchev–Trinajstić information content (AvgIpc) is 2.98. The third kappa shape index (κ3) is 4.22. The molecule has 3 aromatic rings. The summed E-state index contributed by atoms with van der Waals surface area (Å²) in [6.07, 6.45) is 0. The molecule has 108 valence electrons. The predicted molar refractivity (Wildman–Crippen MR) is 81.1 cm³/mol. The lowest BCUT2D eigenvalue weighted by atomic mass is 10.2. The van der Waals surface area contributed by atoms with Gasteiger partial charge < -0.3 is 22.1 Å². The van der Waals surface area contributed by atoms with Gasteiger partial charge >= 0.3 is 0 Å². The maximum Gasteiger partial charge on any atom is 0.134 e. The third-order valence-electron chi connectivity index (χ3n) is 3.19. The standard InChI is InChI=1S/C18H17NO.ClH/c1-3-7-15(8-4-1)13-19-14-17-11-12-18(20-17)16-9-5-2-6-10-16;/h1-12,19H,13-14H2;1H/p-1. The van der Waals surface area contributed by atoms with Gasteiger partial charge in [0.15, 0.2) is 0 Å². The van der Waals surface area contributed by atoms with Crippen LogP contribution in [0.4, 0.5) is 0 Å². The molecule has 0 fully saturated rings. The van der Waals surface area contributed by atoms with E-state index >= 15 is 0 Å². The second-order valence-corrected chi connectivity index (χ2v) is 4.72. The Morgan fingerprint density at radius 2 is 1.38 bits per heavy atom. The van der Waals surface area contributed by atoms with Crippen molar-refractivity contribution in [3.63, 3.8) is 0 Å². The van der Waals surface area contributed by atoms with Crippen molar-refractivity contribution in [2.24, 2.45) is 0 Å². The van der Waals surface area contributed by atoms with E-state index in [4.69, 9.17) is 4.42 Å². The molecule has 0 spiro atoms. The van der Waals surface area contributed by atoms with E-state index in [1.165, 1.54) is 5.56 Å². The SMILES string of the molecule is [Cl-].c1ccc(CNCc2ccc(-c3ccccc3)o2)cc1. The topological polar surface area (TPSA) is 25.2 Å². The first-order valence-electron chi connectivity index (χ1n) is 6.80. The first kappa shape index (κ1) is 15.4. The predicted octanol–water partition coefficient (Wildman–Crippen LogP) is 1.24. The van der Waals surface area contributed by atoms with Crippen LogP contribution in [0.1, 0.15) is 11.3 Å². The van der Waals surface area contributed by atoms with Crippen molar-refractivity contribution < 1.29 is 16.8 Å². The number of nitrogens with one attached hydrogen (secondary N) is 1. The monoisotopic (exact) mass is 298 g/mol. The third-order valence-corrected chi connectivity index (χ3v) is 3.19. The lowest BCUT2D eigenvalue weighted by Crippen LogP contribution is -3.00. The Labute approximate surface area is 131 Å². The summed E-state index contributed by atoms with van der Waals surface area (Å²) < 4.78 is 5.85. The molecule has 0 unspecified atom stereocenters. The smallest absolute Gasteiger partial charge is 0.134 e. The fourth-order valence-electron chi connectivity index (χ4n) is 2.16. The largest absolute Gasteiger partial charge is 1.00 e. The summed E-state index contributed by atoms with van der Waals surface area (Å²) in [5, 5.41) is 3.39. The minimum absolute atomic E-state index is 0. The van der Waals surface area contributed by atoms with Crippen LogP contribution >= 0.6 is 0 Å². The Morgan fingerprint density at radius 3 is 2.10 bits per heavy atom. The van der Waals surface area contributed by atoms with Crippen LogP contribution in [0.15, 0.2) is 77.2 Å². The molecule has 3 heteroatoms. The number of rotatable bonds is 5. The molecule has 0 saturated heterocycles. The summed E-state index contributed by atoms with van der Waals surface area (Å²) in [5.74, 6) is 1.88. The molecule has 21 heavy (non-hydrogen) atoms. The van der Waals surface area contributed by atoms with E-state index < -0.39 is 0 Å². The van der Waals surface area contributed by atoms with Gasteiger partial charge in [-0.05, 0) is 17.7 Å². The lowest BCUT2D eigenvalue weighted by Gasteiger charge is -2.02. The summed E-state index contributed by atoms with van der Waals surface area (Å²) in [6.45, 7) is 1.59. The van der Waals surface area contributed by atoms with Crippen LogP contribution < -0.4 is 17.7 Å². The molecular formula is C18H17ClNO-. The number of hydrogen-bond acceptors (Lipinski definition) is 2. The fraction of sp³-hybridized carbons (Fsp3) is 0.111. The van der Waals surface area contributed by atoms with Crippen molar-refractivity contribution in [2.45, 2.75) is 13.1 Å². The van der Waals surface area contributed by atoms with Gasteiger partial charge in [-0.25, -0.2) is 0 Å². The zero-order chi connectivity index (χ0) is 13.6. The molecule has 0 aliphatic carbocycles. The van der Waals surface area contributed by atoms with Gasteiger partial charge in [0.1, 0.15) is 11.5 Å². The molecule has 0 amide bonds. The Kier molecular flexibility index (Phi) is 5.61. The molecule has 2 nitrogen and oxygen atoms in total. The molecule has 0 aliphatic rings. The van der Waals surface area contributed by atoms with Crippen molar-refractivity contribution >= 4 is 0 Å². The first-order chi connectivity index (χ1) is 9.92. The summed E-state index contributed by atoms with van der Waals surface area (Å²) in [4.78, 5) is 0. The minimum atomic E-state index is 0. The van der Waals surface area contributed by atoms with Gasteiger partial charge in [0.25, 0.3) is 0 Å². The van der Waals surface area contributed by atoms with Crippen LogP contribution in [0.5, 0.6) is 0 Å². The maximum absolute atomic E-state index is 5.85. The second-order valence-electron chi connectivity index (χ2n) is 4.72. The van der Waals surface area contributed by atoms with E-state index in [9.17, 15) is 0 Å². The zero-order valence-electron chi connectivity index (χ0n) is 11.6. The quantitative estimate of drug-likeness (QED) is 0.767.